The Balaban J connectivity index is 0. The molecule has 0 rings (SSSR count). The number of rotatable bonds is 4. The first-order chi connectivity index (χ1) is 3.77. The molecule has 0 aromatic heterocycles. The third kappa shape index (κ3) is 12.1. The summed E-state index contributed by atoms with van der Waals surface area (Å²) < 4.78 is 4.17. The Kier molecular flexibility index (Phi) is 12.1. The Labute approximate surface area is 72.5 Å². The molecule has 0 saturated heterocycles. The van der Waals surface area contributed by atoms with Crippen molar-refractivity contribution in [1.82, 2.24) is 0 Å². The Morgan fingerprint density at radius 3 is 2.33 bits per heavy atom. The van der Waals surface area contributed by atoms with Crippen LogP contribution in [0, 0.1) is 0 Å². The largest absolute Gasteiger partial charge is 2.00 e. The van der Waals surface area contributed by atoms with Gasteiger partial charge in [-0.1, -0.05) is 13.3 Å². The molecule has 0 atom stereocenters. The van der Waals surface area contributed by atoms with Crippen LogP contribution in [-0.2, 0) is 4.65 Å². The van der Waals surface area contributed by atoms with E-state index in [1.807, 2.05) is 6.92 Å². The smallest absolute Gasteiger partial charge is 0.871 e. The molecule has 3 nitrogen and oxygen atoms in total. The van der Waals surface area contributed by atoms with E-state index in [0.29, 0.717) is 6.61 Å². The standard InChI is InChI=1S/C4H9BO3.Sn/c1-2-3-4-8-5(6)7;/h2-4H2,1H3;/q-2;+2. The fourth-order valence-electron chi connectivity index (χ4n) is 0.324. The summed E-state index contributed by atoms with van der Waals surface area (Å²) in [5, 5.41) is 19.2. The van der Waals surface area contributed by atoms with Gasteiger partial charge in [0.1, 0.15) is 0 Å². The van der Waals surface area contributed by atoms with Crippen molar-refractivity contribution in [3.05, 3.63) is 0 Å². The zero-order chi connectivity index (χ0) is 6.41. The third-order valence-corrected chi connectivity index (χ3v) is 0.752. The molecule has 50 valence electrons. The van der Waals surface area contributed by atoms with Crippen LogP contribution in [-0.4, -0.2) is 37.8 Å². The monoisotopic (exact) mass is 236 g/mol. The maximum absolute atomic E-state index is 9.62. The van der Waals surface area contributed by atoms with Crippen molar-refractivity contribution >= 4 is 31.2 Å². The quantitative estimate of drug-likeness (QED) is 0.423. The van der Waals surface area contributed by atoms with E-state index in [-0.39, 0.29) is 23.9 Å². The molecular weight excluding hydrogens is 226 g/mol. The maximum atomic E-state index is 9.62. The first-order valence-corrected chi connectivity index (χ1v) is 2.70. The second-order valence-electron chi connectivity index (χ2n) is 1.51. The minimum atomic E-state index is -2.10. The summed E-state index contributed by atoms with van der Waals surface area (Å²) in [4.78, 5) is 0. The number of hydrogen-bond donors (Lipinski definition) is 0. The van der Waals surface area contributed by atoms with E-state index >= 15 is 0 Å². The Hall–Kier alpha value is 0.744. The van der Waals surface area contributed by atoms with Gasteiger partial charge >= 0.3 is 23.9 Å². The van der Waals surface area contributed by atoms with Crippen LogP contribution in [0.15, 0.2) is 0 Å². The summed E-state index contributed by atoms with van der Waals surface area (Å²) in [6.45, 7) is 2.27. The van der Waals surface area contributed by atoms with Crippen LogP contribution in [0.4, 0.5) is 0 Å². The predicted octanol–water partition coefficient (Wildman–Crippen LogP) is -1.87. The van der Waals surface area contributed by atoms with Crippen molar-refractivity contribution in [2.75, 3.05) is 6.61 Å². The normalized spacial score (nSPS) is 8.33. The zero-order valence-corrected chi connectivity index (χ0v) is 8.28. The van der Waals surface area contributed by atoms with Crippen LogP contribution < -0.4 is 10.0 Å². The third-order valence-electron chi connectivity index (χ3n) is 0.752. The van der Waals surface area contributed by atoms with Crippen molar-refractivity contribution in [3.8, 4) is 0 Å². The fourth-order valence-corrected chi connectivity index (χ4v) is 0.324. The average molecular weight is 235 g/mol. The van der Waals surface area contributed by atoms with Gasteiger partial charge in [0.2, 0.25) is 0 Å². The summed E-state index contributed by atoms with van der Waals surface area (Å²) >= 11 is 0. The molecule has 0 aliphatic carbocycles. The second kappa shape index (κ2) is 8.74. The van der Waals surface area contributed by atoms with E-state index in [9.17, 15) is 10.0 Å². The first kappa shape index (κ1) is 12.4. The summed E-state index contributed by atoms with van der Waals surface area (Å²) in [6, 6.07) is 0. The van der Waals surface area contributed by atoms with Gasteiger partial charge in [-0.15, -0.1) is 0 Å². The average Bonchev–Trinajstić information content (AvgIpc) is 1.66. The molecule has 0 aliphatic rings. The molecule has 0 aromatic carbocycles. The Bertz CT molecular complexity index is 53.1. The maximum Gasteiger partial charge on any atom is 2.00 e. The van der Waals surface area contributed by atoms with Gasteiger partial charge in [-0.05, 0) is 6.42 Å². The summed E-state index contributed by atoms with van der Waals surface area (Å²) in [5.74, 6) is 0. The van der Waals surface area contributed by atoms with Gasteiger partial charge in [-0.25, -0.2) is 0 Å². The predicted molar refractivity (Wildman–Crippen MR) is 32.4 cm³/mol. The summed E-state index contributed by atoms with van der Waals surface area (Å²) in [6.07, 6.45) is 1.74. The van der Waals surface area contributed by atoms with E-state index in [0.717, 1.165) is 12.8 Å². The van der Waals surface area contributed by atoms with Crippen LogP contribution in [0.1, 0.15) is 19.8 Å². The zero-order valence-electron chi connectivity index (χ0n) is 5.42. The molecule has 2 radical (unpaired) electrons. The van der Waals surface area contributed by atoms with Crippen LogP contribution in [0.25, 0.3) is 0 Å². The van der Waals surface area contributed by atoms with Crippen LogP contribution >= 0.6 is 0 Å². The van der Waals surface area contributed by atoms with Crippen LogP contribution in [0.5, 0.6) is 0 Å². The Morgan fingerprint density at radius 2 is 2.00 bits per heavy atom. The van der Waals surface area contributed by atoms with Crippen molar-refractivity contribution in [3.63, 3.8) is 0 Å². The SMILES string of the molecule is CCCCOB([O-])[O-].[Sn+2]. The molecule has 0 bridgehead atoms. The van der Waals surface area contributed by atoms with E-state index in [2.05, 4.69) is 4.65 Å². The molecule has 0 aliphatic heterocycles. The van der Waals surface area contributed by atoms with E-state index < -0.39 is 7.32 Å². The number of unbranched alkanes of at least 4 members (excludes halogenated alkanes) is 1. The molecule has 0 heterocycles. The van der Waals surface area contributed by atoms with Crippen molar-refractivity contribution in [2.45, 2.75) is 19.8 Å². The van der Waals surface area contributed by atoms with E-state index in [1.54, 1.807) is 0 Å². The van der Waals surface area contributed by atoms with Gasteiger partial charge in [-0.3, -0.25) is 0 Å². The first-order valence-electron chi connectivity index (χ1n) is 2.70. The summed E-state index contributed by atoms with van der Waals surface area (Å²) in [5.41, 5.74) is 0. The van der Waals surface area contributed by atoms with Gasteiger partial charge in [0.05, 0.1) is 7.32 Å². The molecule has 0 unspecified atom stereocenters. The van der Waals surface area contributed by atoms with Gasteiger partial charge < -0.3 is 14.7 Å². The fraction of sp³-hybridized carbons (Fsp3) is 1.00. The molecule has 0 aromatic rings. The minimum absolute atomic E-state index is 0. The van der Waals surface area contributed by atoms with Gasteiger partial charge in [0.25, 0.3) is 0 Å². The van der Waals surface area contributed by atoms with Crippen LogP contribution in [0.2, 0.25) is 0 Å². The Morgan fingerprint density at radius 1 is 1.44 bits per heavy atom. The topological polar surface area (TPSA) is 55.3 Å². The number of hydrogen-bond acceptors (Lipinski definition) is 3. The molecule has 5 heteroatoms. The second-order valence-corrected chi connectivity index (χ2v) is 1.51. The van der Waals surface area contributed by atoms with Gasteiger partial charge in [0, 0.05) is 6.61 Å². The van der Waals surface area contributed by atoms with Crippen LogP contribution in [0.3, 0.4) is 0 Å². The van der Waals surface area contributed by atoms with E-state index in [1.165, 1.54) is 0 Å². The van der Waals surface area contributed by atoms with E-state index in [4.69, 9.17) is 0 Å². The summed E-state index contributed by atoms with van der Waals surface area (Å²) in [7, 11) is -2.10. The van der Waals surface area contributed by atoms with Crippen molar-refractivity contribution < 1.29 is 14.7 Å². The minimum Gasteiger partial charge on any atom is -0.871 e. The van der Waals surface area contributed by atoms with Crippen molar-refractivity contribution in [2.24, 2.45) is 0 Å². The molecule has 0 spiro atoms. The molecule has 0 saturated carbocycles. The van der Waals surface area contributed by atoms with Crippen molar-refractivity contribution in [1.29, 1.82) is 0 Å². The molecule has 0 amide bonds. The molecule has 0 N–H and O–H groups in total. The van der Waals surface area contributed by atoms with Gasteiger partial charge in [0.15, 0.2) is 0 Å². The molecule has 9 heavy (non-hydrogen) atoms. The molecule has 0 fully saturated rings. The molecular formula is C4H9BO3Sn. The van der Waals surface area contributed by atoms with Gasteiger partial charge in [-0.2, -0.15) is 0 Å².